The first-order valence-corrected chi connectivity index (χ1v) is 9.96. The fraction of sp³-hybridized carbons (Fsp3) is 0.476. The summed E-state index contributed by atoms with van der Waals surface area (Å²) in [4.78, 5) is 24.9. The lowest BCUT2D eigenvalue weighted by Gasteiger charge is -2.22. The van der Waals surface area contributed by atoms with E-state index >= 15 is 0 Å². The summed E-state index contributed by atoms with van der Waals surface area (Å²) in [6.45, 7) is 2.10. The Morgan fingerprint density at radius 2 is 1.97 bits per heavy atom. The van der Waals surface area contributed by atoms with E-state index in [-0.39, 0.29) is 11.8 Å². The van der Waals surface area contributed by atoms with Gasteiger partial charge in [0.1, 0.15) is 5.69 Å². The fourth-order valence-corrected chi connectivity index (χ4v) is 4.66. The molecule has 152 valence electrons. The number of aromatic nitrogens is 2. The molecule has 5 nitrogen and oxygen atoms in total. The second-order valence-electron chi connectivity index (χ2n) is 8.08. The van der Waals surface area contributed by atoms with Crippen molar-refractivity contribution in [1.29, 1.82) is 0 Å². The lowest BCUT2D eigenvalue weighted by atomic mass is 10.1. The number of nitrogens with zero attached hydrogens (tertiary/aromatic N) is 4. The number of aryl methyl sites for hydroxylation is 2. The van der Waals surface area contributed by atoms with Gasteiger partial charge in [0.05, 0.1) is 18.2 Å². The maximum Gasteiger partial charge on any atom is 0.433 e. The summed E-state index contributed by atoms with van der Waals surface area (Å²) in [5.41, 5.74) is 4.17. The predicted molar refractivity (Wildman–Crippen MR) is 100 cm³/mol. The van der Waals surface area contributed by atoms with Gasteiger partial charge >= 0.3 is 6.18 Å². The first kappa shape index (κ1) is 18.4. The number of carbonyl (C=O) groups is 1. The summed E-state index contributed by atoms with van der Waals surface area (Å²) in [6.07, 6.45) is 0.567. The molecule has 3 aliphatic rings. The molecule has 0 unspecified atom stereocenters. The number of anilines is 1. The normalized spacial score (nSPS) is 20.9. The summed E-state index contributed by atoms with van der Waals surface area (Å²) in [5, 5.41) is 0. The van der Waals surface area contributed by atoms with Crippen LogP contribution in [0.3, 0.4) is 0 Å². The molecule has 1 amide bonds. The Labute approximate surface area is 166 Å². The molecule has 29 heavy (non-hydrogen) atoms. The number of fused-ring (bicyclic) bond motifs is 2. The molecular formula is C21H21F3N4O. The Hall–Kier alpha value is -2.64. The number of hydrogen-bond donors (Lipinski definition) is 0. The molecule has 0 aromatic carbocycles. The van der Waals surface area contributed by atoms with E-state index < -0.39 is 11.9 Å². The Bertz CT molecular complexity index is 942. The van der Waals surface area contributed by atoms with E-state index in [9.17, 15) is 18.0 Å². The largest absolute Gasteiger partial charge is 0.433 e. The molecule has 1 saturated heterocycles. The Morgan fingerprint density at radius 1 is 1.10 bits per heavy atom. The lowest BCUT2D eigenvalue weighted by molar-refractivity contribution is -0.141. The molecule has 0 saturated carbocycles. The molecule has 2 aliphatic heterocycles. The van der Waals surface area contributed by atoms with Crippen LogP contribution < -0.4 is 4.90 Å². The molecule has 0 N–H and O–H groups in total. The Balaban J connectivity index is 1.27. The van der Waals surface area contributed by atoms with Crippen LogP contribution in [-0.4, -0.2) is 33.9 Å². The molecule has 0 radical (unpaired) electrons. The first-order chi connectivity index (χ1) is 13.9. The van der Waals surface area contributed by atoms with E-state index in [1.807, 2.05) is 9.80 Å². The van der Waals surface area contributed by atoms with Gasteiger partial charge in [0.2, 0.25) is 5.91 Å². The van der Waals surface area contributed by atoms with Crippen molar-refractivity contribution < 1.29 is 18.0 Å². The minimum absolute atomic E-state index is 0.0655. The summed E-state index contributed by atoms with van der Waals surface area (Å²) in [5.74, 6) is -0.144. The number of pyridine rings is 2. The van der Waals surface area contributed by atoms with Gasteiger partial charge in [-0.25, -0.2) is 0 Å². The number of hydrogen-bond acceptors (Lipinski definition) is 4. The zero-order valence-corrected chi connectivity index (χ0v) is 15.9. The minimum Gasteiger partial charge on any atom is -0.371 e. The van der Waals surface area contributed by atoms with Gasteiger partial charge in [-0.05, 0) is 48.9 Å². The maximum atomic E-state index is 13.1. The zero-order valence-electron chi connectivity index (χ0n) is 15.9. The van der Waals surface area contributed by atoms with Gasteiger partial charge in [-0.1, -0.05) is 6.07 Å². The van der Waals surface area contributed by atoms with Gasteiger partial charge in [-0.3, -0.25) is 14.8 Å². The monoisotopic (exact) mass is 402 g/mol. The van der Waals surface area contributed by atoms with Crippen LogP contribution in [0.5, 0.6) is 0 Å². The molecular weight excluding hydrogens is 381 g/mol. The van der Waals surface area contributed by atoms with E-state index in [1.165, 1.54) is 17.5 Å². The maximum absolute atomic E-state index is 13.1. The van der Waals surface area contributed by atoms with Crippen molar-refractivity contribution in [3.63, 3.8) is 0 Å². The fourth-order valence-electron chi connectivity index (χ4n) is 4.66. The van der Waals surface area contributed by atoms with Crippen molar-refractivity contribution >= 4 is 11.6 Å². The summed E-state index contributed by atoms with van der Waals surface area (Å²) in [6, 6.07) is 4.83. The third kappa shape index (κ3) is 3.34. The molecule has 2 aromatic rings. The smallest absolute Gasteiger partial charge is 0.371 e. The SMILES string of the molecule is O=C([C@@H]1CCN(c2ccnc(C(F)(F)F)c2)C1)N1Cc2cc3c(nc2C1)CCC3. The topological polar surface area (TPSA) is 49.3 Å². The summed E-state index contributed by atoms with van der Waals surface area (Å²) >= 11 is 0. The second-order valence-corrected chi connectivity index (χ2v) is 8.08. The lowest BCUT2D eigenvalue weighted by Crippen LogP contribution is -2.34. The van der Waals surface area contributed by atoms with Crippen molar-refractivity contribution in [3.05, 3.63) is 52.6 Å². The number of rotatable bonds is 2. The van der Waals surface area contributed by atoms with Crippen molar-refractivity contribution in [3.8, 4) is 0 Å². The van der Waals surface area contributed by atoms with Crippen molar-refractivity contribution in [1.82, 2.24) is 14.9 Å². The molecule has 1 atom stereocenters. The summed E-state index contributed by atoms with van der Waals surface area (Å²) < 4.78 is 38.8. The molecule has 0 bridgehead atoms. The van der Waals surface area contributed by atoms with Gasteiger partial charge in [0, 0.05) is 37.2 Å². The third-order valence-corrected chi connectivity index (χ3v) is 6.17. The molecule has 8 heteroatoms. The standard InChI is InChI=1S/C21H21F3N4O/c22-21(23,24)19-9-16(4-6-25-19)27-7-5-14(10-27)20(29)28-11-15-8-13-2-1-3-17(13)26-18(15)12-28/h4,6,8-9,14H,1-3,5,7,10-12H2/t14-/m1/s1. The molecule has 0 spiro atoms. The van der Waals surface area contributed by atoms with Crippen LogP contribution >= 0.6 is 0 Å². The van der Waals surface area contributed by atoms with Crippen molar-refractivity contribution in [2.24, 2.45) is 5.92 Å². The van der Waals surface area contributed by atoms with Gasteiger partial charge < -0.3 is 9.80 Å². The van der Waals surface area contributed by atoms with E-state index in [2.05, 4.69) is 11.1 Å². The van der Waals surface area contributed by atoms with Crippen LogP contribution in [0.15, 0.2) is 24.4 Å². The predicted octanol–water partition coefficient (Wildman–Crippen LogP) is 3.35. The zero-order chi connectivity index (χ0) is 20.2. The average molecular weight is 402 g/mol. The van der Waals surface area contributed by atoms with Crippen molar-refractivity contribution in [2.45, 2.75) is 44.9 Å². The van der Waals surface area contributed by atoms with Gasteiger partial charge in [0.15, 0.2) is 0 Å². The highest BCUT2D eigenvalue weighted by atomic mass is 19.4. The van der Waals surface area contributed by atoms with Crippen LogP contribution in [-0.2, 0) is 36.9 Å². The summed E-state index contributed by atoms with van der Waals surface area (Å²) in [7, 11) is 0. The highest BCUT2D eigenvalue weighted by molar-refractivity contribution is 5.81. The molecule has 1 aliphatic carbocycles. The highest BCUT2D eigenvalue weighted by Crippen LogP contribution is 2.33. The van der Waals surface area contributed by atoms with Gasteiger partial charge in [-0.2, -0.15) is 13.2 Å². The van der Waals surface area contributed by atoms with Gasteiger partial charge in [0.25, 0.3) is 0 Å². The van der Waals surface area contributed by atoms with E-state index in [0.29, 0.717) is 38.3 Å². The van der Waals surface area contributed by atoms with Gasteiger partial charge in [-0.15, -0.1) is 0 Å². The van der Waals surface area contributed by atoms with Crippen LogP contribution in [0, 0.1) is 5.92 Å². The Morgan fingerprint density at radius 3 is 2.79 bits per heavy atom. The van der Waals surface area contributed by atoms with Crippen LogP contribution in [0.1, 0.15) is 41.1 Å². The first-order valence-electron chi connectivity index (χ1n) is 9.96. The molecule has 2 aromatic heterocycles. The van der Waals surface area contributed by atoms with E-state index in [1.54, 1.807) is 6.07 Å². The second kappa shape index (κ2) is 6.71. The molecule has 5 rings (SSSR count). The highest BCUT2D eigenvalue weighted by Gasteiger charge is 2.36. The van der Waals surface area contributed by atoms with Crippen molar-refractivity contribution in [2.75, 3.05) is 18.0 Å². The van der Waals surface area contributed by atoms with Crippen LogP contribution in [0.4, 0.5) is 18.9 Å². The van der Waals surface area contributed by atoms with Crippen LogP contribution in [0.2, 0.25) is 0 Å². The average Bonchev–Trinajstić information content (AvgIpc) is 3.43. The number of halogens is 3. The number of amides is 1. The number of carbonyl (C=O) groups excluding carboxylic acids is 1. The quantitative estimate of drug-likeness (QED) is 0.773. The number of alkyl halides is 3. The van der Waals surface area contributed by atoms with Crippen LogP contribution in [0.25, 0.3) is 0 Å². The van der Waals surface area contributed by atoms with E-state index in [4.69, 9.17) is 4.98 Å². The molecule has 4 heterocycles. The molecule has 1 fully saturated rings. The third-order valence-electron chi connectivity index (χ3n) is 6.17. The minimum atomic E-state index is -4.47. The van der Waals surface area contributed by atoms with E-state index in [0.717, 1.165) is 36.6 Å². The Kier molecular flexibility index (Phi) is 4.26.